The topological polar surface area (TPSA) is 61.4 Å². The molecule has 1 saturated heterocycles. The van der Waals surface area contributed by atoms with Gasteiger partial charge in [0.25, 0.3) is 5.91 Å². The van der Waals surface area contributed by atoms with Crippen molar-refractivity contribution in [1.82, 2.24) is 19.6 Å². The fourth-order valence-electron chi connectivity index (χ4n) is 4.26. The SMILES string of the molecule is Cc1ccc(Cc2nsc(N3CCN(CCNC(=O)c4ccc5ccccc5c4)CC3)n2)cc1. The minimum Gasteiger partial charge on any atom is -0.351 e. The fraction of sp³-hybridized carbons (Fsp3) is 0.296. The molecule has 0 radical (unpaired) electrons. The second-order valence-corrected chi connectivity index (χ2v) is 9.53. The van der Waals surface area contributed by atoms with E-state index in [0.717, 1.165) is 60.9 Å². The summed E-state index contributed by atoms with van der Waals surface area (Å²) in [6, 6.07) is 22.5. The Morgan fingerprint density at radius 2 is 1.74 bits per heavy atom. The third-order valence-corrected chi connectivity index (χ3v) is 7.12. The predicted molar refractivity (Wildman–Crippen MR) is 139 cm³/mol. The van der Waals surface area contributed by atoms with Crippen molar-refractivity contribution < 1.29 is 4.79 Å². The summed E-state index contributed by atoms with van der Waals surface area (Å²) in [6.45, 7) is 7.36. The lowest BCUT2D eigenvalue weighted by Crippen LogP contribution is -2.48. The molecule has 2 heterocycles. The van der Waals surface area contributed by atoms with Gasteiger partial charge in [-0.1, -0.05) is 60.2 Å². The van der Waals surface area contributed by atoms with Crippen molar-refractivity contribution in [1.29, 1.82) is 0 Å². The van der Waals surface area contributed by atoms with Crippen LogP contribution in [0.25, 0.3) is 10.8 Å². The van der Waals surface area contributed by atoms with Crippen LogP contribution < -0.4 is 10.2 Å². The Morgan fingerprint density at radius 1 is 0.971 bits per heavy atom. The van der Waals surface area contributed by atoms with Crippen LogP contribution >= 0.6 is 11.5 Å². The Morgan fingerprint density at radius 3 is 2.53 bits per heavy atom. The summed E-state index contributed by atoms with van der Waals surface area (Å²) in [6.07, 6.45) is 0.771. The van der Waals surface area contributed by atoms with E-state index in [1.165, 1.54) is 22.7 Å². The maximum Gasteiger partial charge on any atom is 0.251 e. The highest BCUT2D eigenvalue weighted by Crippen LogP contribution is 2.21. The first-order chi connectivity index (χ1) is 16.6. The van der Waals surface area contributed by atoms with Crippen molar-refractivity contribution in [2.75, 3.05) is 44.2 Å². The maximum atomic E-state index is 12.6. The van der Waals surface area contributed by atoms with Gasteiger partial charge in [-0.25, -0.2) is 4.98 Å². The number of fused-ring (bicyclic) bond motifs is 1. The van der Waals surface area contributed by atoms with Gasteiger partial charge >= 0.3 is 0 Å². The van der Waals surface area contributed by atoms with E-state index >= 15 is 0 Å². The lowest BCUT2D eigenvalue weighted by Gasteiger charge is -2.34. The highest BCUT2D eigenvalue weighted by Gasteiger charge is 2.20. The van der Waals surface area contributed by atoms with Gasteiger partial charge in [-0.15, -0.1) is 0 Å². The van der Waals surface area contributed by atoms with Crippen LogP contribution in [0.5, 0.6) is 0 Å². The minimum atomic E-state index is -0.0145. The molecule has 4 aromatic rings. The highest BCUT2D eigenvalue weighted by molar-refractivity contribution is 7.09. The number of carbonyl (C=O) groups is 1. The summed E-state index contributed by atoms with van der Waals surface area (Å²) in [7, 11) is 0. The first-order valence-electron chi connectivity index (χ1n) is 11.8. The zero-order valence-corrected chi connectivity index (χ0v) is 20.2. The van der Waals surface area contributed by atoms with Crippen LogP contribution in [0.2, 0.25) is 0 Å². The molecule has 3 aromatic carbocycles. The van der Waals surface area contributed by atoms with Gasteiger partial charge in [0.1, 0.15) is 5.82 Å². The second-order valence-electron chi connectivity index (χ2n) is 8.80. The van der Waals surface area contributed by atoms with Crippen LogP contribution in [0.1, 0.15) is 27.3 Å². The normalized spacial score (nSPS) is 14.4. The molecule has 0 atom stereocenters. The van der Waals surface area contributed by atoms with E-state index < -0.39 is 0 Å². The molecule has 174 valence electrons. The van der Waals surface area contributed by atoms with Gasteiger partial charge in [0.2, 0.25) is 5.13 Å². The van der Waals surface area contributed by atoms with Crippen LogP contribution in [0.15, 0.2) is 66.7 Å². The van der Waals surface area contributed by atoms with E-state index in [9.17, 15) is 4.79 Å². The zero-order valence-electron chi connectivity index (χ0n) is 19.4. The number of benzene rings is 3. The van der Waals surface area contributed by atoms with E-state index in [1.807, 2.05) is 36.4 Å². The fourth-order valence-corrected chi connectivity index (χ4v) is 4.99. The van der Waals surface area contributed by atoms with Crippen LogP contribution in [-0.4, -0.2) is 59.4 Å². The molecule has 6 nitrogen and oxygen atoms in total. The number of aryl methyl sites for hydroxylation is 1. The second kappa shape index (κ2) is 10.3. The number of nitrogens with one attached hydrogen (secondary N) is 1. The molecule has 0 unspecified atom stereocenters. The number of carbonyl (C=O) groups excluding carboxylic acids is 1. The van der Waals surface area contributed by atoms with E-state index in [0.29, 0.717) is 12.1 Å². The van der Waals surface area contributed by atoms with Crippen molar-refractivity contribution in [3.63, 3.8) is 0 Å². The van der Waals surface area contributed by atoms with Gasteiger partial charge in [-0.05, 0) is 35.4 Å². The minimum absolute atomic E-state index is 0.0145. The number of aromatic nitrogens is 2. The predicted octanol–water partition coefficient (Wildman–Crippen LogP) is 4.14. The van der Waals surface area contributed by atoms with E-state index in [4.69, 9.17) is 4.98 Å². The Balaban J connectivity index is 1.07. The number of rotatable bonds is 7. The van der Waals surface area contributed by atoms with Crippen molar-refractivity contribution in [3.8, 4) is 0 Å². The summed E-state index contributed by atoms with van der Waals surface area (Å²) in [5.74, 6) is 0.877. The third-order valence-electron chi connectivity index (χ3n) is 6.31. The molecule has 1 aliphatic rings. The molecular weight excluding hydrogens is 442 g/mol. The Hall–Kier alpha value is -3.29. The molecule has 7 heteroatoms. The van der Waals surface area contributed by atoms with E-state index in [1.54, 1.807) is 0 Å². The summed E-state index contributed by atoms with van der Waals surface area (Å²) < 4.78 is 4.57. The molecular formula is C27H29N5OS. The van der Waals surface area contributed by atoms with Gasteiger partial charge in [-0.3, -0.25) is 9.69 Å². The lowest BCUT2D eigenvalue weighted by molar-refractivity contribution is 0.0948. The van der Waals surface area contributed by atoms with Crippen LogP contribution in [0.3, 0.4) is 0 Å². The summed E-state index contributed by atoms with van der Waals surface area (Å²) in [4.78, 5) is 22.1. The quantitative estimate of drug-likeness (QED) is 0.439. The van der Waals surface area contributed by atoms with E-state index in [-0.39, 0.29) is 5.91 Å². The molecule has 1 amide bonds. The standard InChI is InChI=1S/C27H29N5OS/c1-20-6-8-21(9-7-20)18-25-29-27(34-30-25)32-16-14-31(15-17-32)13-12-28-26(33)24-11-10-22-4-2-3-5-23(22)19-24/h2-11,19H,12-18H2,1H3,(H,28,33). The average Bonchev–Trinajstić information content (AvgIpc) is 3.34. The number of amides is 1. The molecule has 0 saturated carbocycles. The smallest absolute Gasteiger partial charge is 0.251 e. The molecule has 1 N–H and O–H groups in total. The number of nitrogens with zero attached hydrogens (tertiary/aromatic N) is 4. The van der Waals surface area contributed by atoms with Crippen LogP contribution in [-0.2, 0) is 6.42 Å². The molecule has 1 aliphatic heterocycles. The molecule has 34 heavy (non-hydrogen) atoms. The maximum absolute atomic E-state index is 12.6. The first kappa shape index (κ1) is 22.5. The summed E-state index contributed by atoms with van der Waals surface area (Å²) in [5, 5.41) is 6.31. The summed E-state index contributed by atoms with van der Waals surface area (Å²) >= 11 is 1.49. The Bertz CT molecular complexity index is 1260. The molecule has 5 rings (SSSR count). The van der Waals surface area contributed by atoms with Gasteiger partial charge in [0, 0.05) is 62.8 Å². The van der Waals surface area contributed by atoms with Crippen molar-refractivity contribution in [2.24, 2.45) is 0 Å². The molecule has 1 fully saturated rings. The van der Waals surface area contributed by atoms with Crippen LogP contribution in [0.4, 0.5) is 5.13 Å². The monoisotopic (exact) mass is 471 g/mol. The van der Waals surface area contributed by atoms with Gasteiger partial charge < -0.3 is 10.2 Å². The zero-order chi connectivity index (χ0) is 23.3. The highest BCUT2D eigenvalue weighted by atomic mass is 32.1. The Kier molecular flexibility index (Phi) is 6.83. The number of hydrogen-bond donors (Lipinski definition) is 1. The lowest BCUT2D eigenvalue weighted by atomic mass is 10.1. The third kappa shape index (κ3) is 5.43. The van der Waals surface area contributed by atoms with Crippen LogP contribution in [0, 0.1) is 6.92 Å². The van der Waals surface area contributed by atoms with E-state index in [2.05, 4.69) is 56.7 Å². The first-order valence-corrected chi connectivity index (χ1v) is 12.5. The largest absolute Gasteiger partial charge is 0.351 e. The molecule has 0 spiro atoms. The number of piperazine rings is 1. The Labute approximate surface area is 204 Å². The average molecular weight is 472 g/mol. The molecule has 1 aromatic heterocycles. The van der Waals surface area contributed by atoms with Gasteiger partial charge in [0.05, 0.1) is 0 Å². The van der Waals surface area contributed by atoms with Crippen molar-refractivity contribution in [3.05, 3.63) is 89.2 Å². The molecule has 0 bridgehead atoms. The van der Waals surface area contributed by atoms with Gasteiger partial charge in [-0.2, -0.15) is 4.37 Å². The van der Waals surface area contributed by atoms with Gasteiger partial charge in [0.15, 0.2) is 0 Å². The number of anilines is 1. The summed E-state index contributed by atoms with van der Waals surface area (Å²) in [5.41, 5.74) is 3.22. The van der Waals surface area contributed by atoms with Crippen molar-refractivity contribution in [2.45, 2.75) is 13.3 Å². The van der Waals surface area contributed by atoms with Crippen molar-refractivity contribution >= 4 is 33.3 Å². The number of hydrogen-bond acceptors (Lipinski definition) is 6. The molecule has 0 aliphatic carbocycles.